The summed E-state index contributed by atoms with van der Waals surface area (Å²) in [5, 5.41) is 9.03. The van der Waals surface area contributed by atoms with Crippen LogP contribution in [-0.4, -0.2) is 35.7 Å². The zero-order chi connectivity index (χ0) is 12.3. The highest BCUT2D eigenvalue weighted by molar-refractivity contribution is 7.89. The smallest absolute Gasteiger partial charge is 0.259 e. The van der Waals surface area contributed by atoms with E-state index >= 15 is 0 Å². The number of nitrogens with zero attached hydrogens (tertiary/aromatic N) is 2. The quantitative estimate of drug-likeness (QED) is 0.749. The van der Waals surface area contributed by atoms with Crippen LogP contribution in [0.3, 0.4) is 0 Å². The molecule has 2 N–H and O–H groups in total. The lowest BCUT2D eigenvalue weighted by Crippen LogP contribution is -2.41. The predicted octanol–water partition coefficient (Wildman–Crippen LogP) is -0.285. The molecule has 1 unspecified atom stereocenters. The van der Waals surface area contributed by atoms with Crippen molar-refractivity contribution in [1.82, 2.24) is 14.3 Å². The number of aliphatic hydroxyl groups is 1. The fourth-order valence-electron chi connectivity index (χ4n) is 1.17. The van der Waals surface area contributed by atoms with E-state index < -0.39 is 16.1 Å². The van der Waals surface area contributed by atoms with E-state index in [4.69, 9.17) is 5.11 Å². The van der Waals surface area contributed by atoms with Crippen LogP contribution in [0, 0.1) is 5.92 Å². The number of hydrogen-bond donors (Lipinski definition) is 2. The molecule has 1 atom stereocenters. The van der Waals surface area contributed by atoms with Crippen molar-refractivity contribution in [3.63, 3.8) is 0 Å². The molecule has 0 fully saturated rings. The van der Waals surface area contributed by atoms with E-state index in [1.807, 2.05) is 13.8 Å². The monoisotopic (exact) mass is 247 g/mol. The number of hydrogen-bond acceptors (Lipinski definition) is 4. The molecule has 1 aromatic rings. The summed E-state index contributed by atoms with van der Waals surface area (Å²) in [6.45, 7) is 3.44. The molecule has 0 bridgehead atoms. The number of rotatable bonds is 5. The topological polar surface area (TPSA) is 84.2 Å². The highest BCUT2D eigenvalue weighted by Gasteiger charge is 2.23. The number of aliphatic hydroxyl groups excluding tert-OH is 1. The van der Waals surface area contributed by atoms with E-state index in [9.17, 15) is 8.42 Å². The lowest BCUT2D eigenvalue weighted by atomic mass is 10.1. The van der Waals surface area contributed by atoms with Crippen molar-refractivity contribution in [3.05, 3.63) is 12.5 Å². The molecule has 0 aliphatic heterocycles. The first kappa shape index (κ1) is 13.1. The maximum Gasteiger partial charge on any atom is 0.259 e. The Morgan fingerprint density at radius 3 is 2.56 bits per heavy atom. The first-order valence-electron chi connectivity index (χ1n) is 4.98. The molecule has 0 radical (unpaired) electrons. The van der Waals surface area contributed by atoms with Crippen molar-refractivity contribution in [1.29, 1.82) is 0 Å². The molecule has 0 aliphatic rings. The maximum atomic E-state index is 11.8. The molecule has 92 valence electrons. The molecule has 1 rings (SSSR count). The minimum atomic E-state index is -3.64. The first-order valence-corrected chi connectivity index (χ1v) is 6.46. The van der Waals surface area contributed by atoms with E-state index in [0.29, 0.717) is 0 Å². The molecule has 6 nitrogen and oxygen atoms in total. The van der Waals surface area contributed by atoms with Gasteiger partial charge in [0.25, 0.3) is 10.0 Å². The van der Waals surface area contributed by atoms with Gasteiger partial charge in [-0.1, -0.05) is 13.8 Å². The summed E-state index contributed by atoms with van der Waals surface area (Å²) in [6, 6.07) is -0.494. The van der Waals surface area contributed by atoms with Crippen molar-refractivity contribution in [3.8, 4) is 0 Å². The Balaban J connectivity index is 2.87. The van der Waals surface area contributed by atoms with Crippen molar-refractivity contribution in [2.24, 2.45) is 13.0 Å². The third kappa shape index (κ3) is 3.03. The summed E-state index contributed by atoms with van der Waals surface area (Å²) < 4.78 is 27.6. The number of imidazole rings is 1. The average Bonchev–Trinajstić information content (AvgIpc) is 2.61. The Bertz CT molecular complexity index is 439. The molecule has 0 saturated heterocycles. The van der Waals surface area contributed by atoms with Crippen LogP contribution >= 0.6 is 0 Å². The molecule has 0 aromatic carbocycles. The summed E-state index contributed by atoms with van der Waals surface area (Å²) in [5.41, 5.74) is 0. The molecule has 1 heterocycles. The minimum absolute atomic E-state index is 0.0171. The first-order chi connectivity index (χ1) is 7.36. The minimum Gasteiger partial charge on any atom is -0.395 e. The Kier molecular flexibility index (Phi) is 4.06. The maximum absolute atomic E-state index is 11.8. The zero-order valence-corrected chi connectivity index (χ0v) is 10.4. The molecule has 1 aromatic heterocycles. The SMILES string of the molecule is CC(C)C(CO)NS(=O)(=O)c1cn(C)cn1. The second kappa shape index (κ2) is 4.94. The third-order valence-corrected chi connectivity index (χ3v) is 3.64. The van der Waals surface area contributed by atoms with Crippen LogP contribution in [0.25, 0.3) is 0 Å². The summed E-state index contributed by atoms with van der Waals surface area (Å²) >= 11 is 0. The highest BCUT2D eigenvalue weighted by Crippen LogP contribution is 2.08. The van der Waals surface area contributed by atoms with Gasteiger partial charge >= 0.3 is 0 Å². The lowest BCUT2D eigenvalue weighted by Gasteiger charge is -2.18. The van der Waals surface area contributed by atoms with Crippen LogP contribution in [0.5, 0.6) is 0 Å². The fraction of sp³-hybridized carbons (Fsp3) is 0.667. The average molecular weight is 247 g/mol. The Morgan fingerprint density at radius 2 is 2.19 bits per heavy atom. The number of sulfonamides is 1. The Morgan fingerprint density at radius 1 is 1.56 bits per heavy atom. The third-order valence-electron chi connectivity index (χ3n) is 2.26. The van der Waals surface area contributed by atoms with Gasteiger partial charge in [-0.05, 0) is 5.92 Å². The summed E-state index contributed by atoms with van der Waals surface area (Å²) in [7, 11) is -1.95. The molecule has 0 spiro atoms. The summed E-state index contributed by atoms with van der Waals surface area (Å²) in [5.74, 6) is 0.0171. The summed E-state index contributed by atoms with van der Waals surface area (Å²) in [4.78, 5) is 3.77. The van der Waals surface area contributed by atoms with Gasteiger partial charge in [-0.25, -0.2) is 18.1 Å². The van der Waals surface area contributed by atoms with Gasteiger partial charge < -0.3 is 9.67 Å². The van der Waals surface area contributed by atoms with Crippen LogP contribution < -0.4 is 4.72 Å². The van der Waals surface area contributed by atoms with Crippen molar-refractivity contribution in [2.75, 3.05) is 6.61 Å². The second-order valence-corrected chi connectivity index (χ2v) is 5.69. The standard InChI is InChI=1S/C9H17N3O3S/c1-7(2)8(5-13)11-16(14,15)9-4-12(3)6-10-9/h4,6-8,11,13H,5H2,1-3H3. The van der Waals surface area contributed by atoms with Crippen LogP contribution in [-0.2, 0) is 17.1 Å². The van der Waals surface area contributed by atoms with Gasteiger partial charge in [0.15, 0.2) is 5.03 Å². The van der Waals surface area contributed by atoms with Gasteiger partial charge in [0.2, 0.25) is 0 Å². The van der Waals surface area contributed by atoms with E-state index in [-0.39, 0.29) is 17.6 Å². The van der Waals surface area contributed by atoms with E-state index in [1.165, 1.54) is 12.5 Å². The Hall–Kier alpha value is -0.920. The van der Waals surface area contributed by atoms with E-state index in [2.05, 4.69) is 9.71 Å². The predicted molar refractivity (Wildman–Crippen MR) is 59.2 cm³/mol. The van der Waals surface area contributed by atoms with Crippen molar-refractivity contribution in [2.45, 2.75) is 24.9 Å². The van der Waals surface area contributed by atoms with Crippen LogP contribution in [0.15, 0.2) is 17.6 Å². The van der Waals surface area contributed by atoms with Gasteiger partial charge in [-0.15, -0.1) is 0 Å². The second-order valence-electron chi connectivity index (χ2n) is 4.03. The van der Waals surface area contributed by atoms with Crippen molar-refractivity contribution < 1.29 is 13.5 Å². The number of aryl methyl sites for hydroxylation is 1. The van der Waals surface area contributed by atoms with Gasteiger partial charge in [0.05, 0.1) is 12.9 Å². The number of aromatic nitrogens is 2. The largest absolute Gasteiger partial charge is 0.395 e. The van der Waals surface area contributed by atoms with Gasteiger partial charge in [0.1, 0.15) is 0 Å². The highest BCUT2D eigenvalue weighted by atomic mass is 32.2. The normalized spacial score (nSPS) is 14.3. The van der Waals surface area contributed by atoms with Crippen molar-refractivity contribution >= 4 is 10.0 Å². The lowest BCUT2D eigenvalue weighted by molar-refractivity contribution is 0.227. The molecular formula is C9H17N3O3S. The van der Waals surface area contributed by atoms with Crippen LogP contribution in [0.1, 0.15) is 13.8 Å². The van der Waals surface area contributed by atoms with E-state index in [0.717, 1.165) is 0 Å². The molecule has 0 saturated carbocycles. The molecule has 0 aliphatic carbocycles. The zero-order valence-electron chi connectivity index (χ0n) is 9.58. The van der Waals surface area contributed by atoms with Gasteiger partial charge in [-0.2, -0.15) is 0 Å². The Labute approximate surface area is 95.4 Å². The molecule has 0 amide bonds. The van der Waals surface area contributed by atoms with E-state index in [1.54, 1.807) is 11.6 Å². The van der Waals surface area contributed by atoms with Crippen LogP contribution in [0.4, 0.5) is 0 Å². The van der Waals surface area contributed by atoms with Gasteiger partial charge in [0, 0.05) is 19.3 Å². The summed E-state index contributed by atoms with van der Waals surface area (Å²) in [6.07, 6.45) is 2.83. The molecular weight excluding hydrogens is 230 g/mol. The number of nitrogens with one attached hydrogen (secondary N) is 1. The van der Waals surface area contributed by atoms with Crippen LogP contribution in [0.2, 0.25) is 0 Å². The fourth-order valence-corrected chi connectivity index (χ4v) is 2.53. The molecule has 7 heteroatoms. The van der Waals surface area contributed by atoms with Gasteiger partial charge in [-0.3, -0.25) is 0 Å². The molecule has 16 heavy (non-hydrogen) atoms.